The highest BCUT2D eigenvalue weighted by Crippen LogP contribution is 2.32. The molecule has 0 aliphatic carbocycles. The van der Waals surface area contributed by atoms with Gasteiger partial charge in [-0.05, 0) is 62.4 Å². The van der Waals surface area contributed by atoms with Crippen LogP contribution in [0.2, 0.25) is 0 Å². The second-order valence-corrected chi connectivity index (χ2v) is 6.43. The summed E-state index contributed by atoms with van der Waals surface area (Å²) >= 11 is 3.50. The molecule has 0 N–H and O–H groups in total. The second-order valence-electron chi connectivity index (χ2n) is 5.57. The summed E-state index contributed by atoms with van der Waals surface area (Å²) in [6, 6.07) is 18.2. The molecule has 0 saturated carbocycles. The van der Waals surface area contributed by atoms with Crippen molar-refractivity contribution in [2.24, 2.45) is 0 Å². The first kappa shape index (κ1) is 16.5. The molecule has 0 bridgehead atoms. The lowest BCUT2D eigenvalue weighted by Crippen LogP contribution is -2.00. The third kappa shape index (κ3) is 3.57. The molecule has 3 heteroatoms. The second kappa shape index (κ2) is 7.45. The third-order valence-corrected chi connectivity index (χ3v) is 4.43. The molecule has 2 nitrogen and oxygen atoms in total. The maximum atomic E-state index is 11.0. The van der Waals surface area contributed by atoms with Gasteiger partial charge in [0.05, 0.1) is 4.47 Å². The summed E-state index contributed by atoms with van der Waals surface area (Å²) in [7, 11) is 0. The highest BCUT2D eigenvalue weighted by molar-refractivity contribution is 9.10. The van der Waals surface area contributed by atoms with Crippen LogP contribution in [0.25, 0.3) is 10.8 Å². The molecule has 3 aromatic rings. The van der Waals surface area contributed by atoms with E-state index in [9.17, 15) is 4.79 Å². The van der Waals surface area contributed by atoms with E-state index in [1.165, 1.54) is 10.8 Å². The maximum absolute atomic E-state index is 11.0. The number of hydrogen-bond acceptors (Lipinski definition) is 2. The molecule has 0 unspecified atom stereocenters. The first-order chi connectivity index (χ1) is 11.7. The summed E-state index contributed by atoms with van der Waals surface area (Å²) in [5.41, 5.74) is 2.67. The van der Waals surface area contributed by atoms with Crippen molar-refractivity contribution in [3.05, 3.63) is 88.4 Å². The van der Waals surface area contributed by atoms with E-state index in [1.807, 2.05) is 18.2 Å². The van der Waals surface area contributed by atoms with Crippen molar-refractivity contribution in [3.63, 3.8) is 0 Å². The van der Waals surface area contributed by atoms with Crippen LogP contribution in [-0.4, -0.2) is 6.29 Å². The molecule has 120 valence electrons. The van der Waals surface area contributed by atoms with Crippen LogP contribution in [0.4, 0.5) is 0 Å². The normalized spacial score (nSPS) is 10.5. The van der Waals surface area contributed by atoms with Gasteiger partial charge in [-0.1, -0.05) is 42.5 Å². The highest BCUT2D eigenvalue weighted by atomic mass is 79.9. The Labute approximate surface area is 149 Å². The van der Waals surface area contributed by atoms with Crippen LogP contribution < -0.4 is 4.74 Å². The van der Waals surface area contributed by atoms with Gasteiger partial charge in [0.25, 0.3) is 0 Å². The van der Waals surface area contributed by atoms with Crippen molar-refractivity contribution >= 4 is 33.0 Å². The van der Waals surface area contributed by atoms with Gasteiger partial charge in [0.2, 0.25) is 0 Å². The van der Waals surface area contributed by atoms with E-state index in [2.05, 4.69) is 52.8 Å². The van der Waals surface area contributed by atoms with Gasteiger partial charge in [-0.3, -0.25) is 4.79 Å². The van der Waals surface area contributed by atoms with Gasteiger partial charge in [-0.15, -0.1) is 6.58 Å². The number of halogens is 1. The topological polar surface area (TPSA) is 26.3 Å². The lowest BCUT2D eigenvalue weighted by molar-refractivity contribution is 0.112. The fourth-order valence-electron chi connectivity index (χ4n) is 2.69. The Hall–Kier alpha value is -2.39. The minimum atomic E-state index is 0.466. The molecule has 0 aliphatic rings. The number of fused-ring (bicyclic) bond motifs is 1. The molecule has 0 spiro atoms. The van der Waals surface area contributed by atoms with Crippen LogP contribution in [0.5, 0.6) is 5.75 Å². The Balaban J connectivity index is 1.87. The molecule has 3 rings (SSSR count). The molecule has 0 atom stereocenters. The van der Waals surface area contributed by atoms with Crippen LogP contribution in [0.15, 0.2) is 71.7 Å². The smallest absolute Gasteiger partial charge is 0.150 e. The molecule has 3 aromatic carbocycles. The lowest BCUT2D eigenvalue weighted by atomic mass is 10.1. The predicted octanol–water partition coefficient (Wildman–Crippen LogP) is 5.72. The minimum absolute atomic E-state index is 0.466. The molecular formula is C21H17BrO2. The van der Waals surface area contributed by atoms with Crippen molar-refractivity contribution in [1.29, 1.82) is 0 Å². The Morgan fingerprint density at radius 3 is 2.58 bits per heavy atom. The summed E-state index contributed by atoms with van der Waals surface area (Å²) in [4.78, 5) is 11.0. The predicted molar refractivity (Wildman–Crippen MR) is 102 cm³/mol. The number of benzene rings is 3. The quantitative estimate of drug-likeness (QED) is 0.403. The van der Waals surface area contributed by atoms with Gasteiger partial charge in [0, 0.05) is 5.56 Å². The number of carbonyl (C=O) groups excluding carboxylic acids is 1. The molecule has 0 heterocycles. The largest absolute Gasteiger partial charge is 0.487 e. The van der Waals surface area contributed by atoms with E-state index in [1.54, 1.807) is 12.1 Å². The van der Waals surface area contributed by atoms with Crippen molar-refractivity contribution in [2.45, 2.75) is 13.0 Å². The van der Waals surface area contributed by atoms with E-state index in [4.69, 9.17) is 4.74 Å². The van der Waals surface area contributed by atoms with Crippen molar-refractivity contribution in [2.75, 3.05) is 0 Å². The van der Waals surface area contributed by atoms with E-state index in [-0.39, 0.29) is 0 Å². The average Bonchev–Trinajstić information content (AvgIpc) is 2.61. The summed E-state index contributed by atoms with van der Waals surface area (Å²) in [6.45, 7) is 4.24. The van der Waals surface area contributed by atoms with E-state index in [0.717, 1.165) is 27.6 Å². The standard InChI is InChI=1S/C21H17BrO2/c1-2-5-19-11-16(13-23)12-20(22)21(19)24-14-15-8-9-17-6-3-4-7-18(17)10-15/h2-4,6-13H,1,5,14H2. The van der Waals surface area contributed by atoms with Crippen LogP contribution in [0.3, 0.4) is 0 Å². The average molecular weight is 381 g/mol. The highest BCUT2D eigenvalue weighted by Gasteiger charge is 2.10. The monoisotopic (exact) mass is 380 g/mol. The summed E-state index contributed by atoms with van der Waals surface area (Å²) in [5.74, 6) is 0.758. The number of allylic oxidation sites excluding steroid dienone is 1. The number of rotatable bonds is 6. The van der Waals surface area contributed by atoms with Gasteiger partial charge in [0.15, 0.2) is 0 Å². The van der Waals surface area contributed by atoms with Gasteiger partial charge in [-0.25, -0.2) is 0 Å². The summed E-state index contributed by atoms with van der Waals surface area (Å²) < 4.78 is 6.83. The zero-order valence-electron chi connectivity index (χ0n) is 13.2. The van der Waals surface area contributed by atoms with E-state index in [0.29, 0.717) is 18.6 Å². The Morgan fingerprint density at radius 1 is 1.04 bits per heavy atom. The van der Waals surface area contributed by atoms with E-state index < -0.39 is 0 Å². The Morgan fingerprint density at radius 2 is 1.83 bits per heavy atom. The first-order valence-electron chi connectivity index (χ1n) is 7.70. The molecule has 0 aromatic heterocycles. The molecule has 0 aliphatic heterocycles. The number of aldehydes is 1. The minimum Gasteiger partial charge on any atom is -0.487 e. The first-order valence-corrected chi connectivity index (χ1v) is 8.49. The number of ether oxygens (including phenoxy) is 1. The summed E-state index contributed by atoms with van der Waals surface area (Å²) in [6.07, 6.45) is 3.29. The number of carbonyl (C=O) groups is 1. The van der Waals surface area contributed by atoms with Crippen LogP contribution in [0, 0.1) is 0 Å². The maximum Gasteiger partial charge on any atom is 0.150 e. The number of hydrogen-bond donors (Lipinski definition) is 0. The summed E-state index contributed by atoms with van der Waals surface area (Å²) in [5, 5.41) is 2.41. The van der Waals surface area contributed by atoms with Crippen LogP contribution >= 0.6 is 15.9 Å². The van der Waals surface area contributed by atoms with Crippen molar-refractivity contribution in [3.8, 4) is 5.75 Å². The SMILES string of the molecule is C=CCc1cc(C=O)cc(Br)c1OCc1ccc2ccccc2c1. The molecule has 0 radical (unpaired) electrons. The van der Waals surface area contributed by atoms with Gasteiger partial charge < -0.3 is 4.74 Å². The van der Waals surface area contributed by atoms with Crippen molar-refractivity contribution in [1.82, 2.24) is 0 Å². The Kier molecular flexibility index (Phi) is 5.11. The van der Waals surface area contributed by atoms with Crippen LogP contribution in [-0.2, 0) is 13.0 Å². The van der Waals surface area contributed by atoms with E-state index >= 15 is 0 Å². The molecule has 24 heavy (non-hydrogen) atoms. The lowest BCUT2D eigenvalue weighted by Gasteiger charge is -2.14. The fraction of sp³-hybridized carbons (Fsp3) is 0.0952. The molecular weight excluding hydrogens is 364 g/mol. The zero-order chi connectivity index (χ0) is 16.9. The van der Waals surface area contributed by atoms with Gasteiger partial charge in [-0.2, -0.15) is 0 Å². The van der Waals surface area contributed by atoms with Crippen molar-refractivity contribution < 1.29 is 9.53 Å². The molecule has 0 amide bonds. The molecule has 0 saturated heterocycles. The fourth-order valence-corrected chi connectivity index (χ4v) is 3.33. The molecule has 0 fully saturated rings. The van der Waals surface area contributed by atoms with Gasteiger partial charge in [0.1, 0.15) is 18.6 Å². The zero-order valence-corrected chi connectivity index (χ0v) is 14.8. The Bertz CT molecular complexity index is 899. The van der Waals surface area contributed by atoms with Gasteiger partial charge >= 0.3 is 0 Å². The van der Waals surface area contributed by atoms with Crippen LogP contribution in [0.1, 0.15) is 21.5 Å². The third-order valence-electron chi connectivity index (χ3n) is 3.84.